The Bertz CT molecular complexity index is 410. The average molecular weight is 266 g/mol. The standard InChI is InChI=1S/C14H23FN4/c1-3-7-16-9-12-6-4-5-8-19(12)14-13(15)11(2)17-10-18-14/h10,12,16H,3-9H2,1-2H3. The molecule has 1 aromatic heterocycles. The summed E-state index contributed by atoms with van der Waals surface area (Å²) in [6.45, 7) is 6.63. The molecule has 1 N–H and O–H groups in total. The summed E-state index contributed by atoms with van der Waals surface area (Å²) in [6, 6.07) is 0.337. The zero-order chi connectivity index (χ0) is 13.7. The molecule has 1 atom stereocenters. The van der Waals surface area contributed by atoms with Crippen LogP contribution in [0.1, 0.15) is 38.3 Å². The Kier molecular flexibility index (Phi) is 5.07. The Balaban J connectivity index is 2.12. The van der Waals surface area contributed by atoms with Gasteiger partial charge < -0.3 is 10.2 Å². The summed E-state index contributed by atoms with van der Waals surface area (Å²) in [5, 5.41) is 3.43. The molecule has 0 spiro atoms. The monoisotopic (exact) mass is 266 g/mol. The number of nitrogens with one attached hydrogen (secondary N) is 1. The van der Waals surface area contributed by atoms with Crippen LogP contribution in [0.15, 0.2) is 6.33 Å². The van der Waals surface area contributed by atoms with E-state index in [4.69, 9.17) is 0 Å². The Hall–Kier alpha value is -1.23. The van der Waals surface area contributed by atoms with E-state index >= 15 is 0 Å². The Labute approximate surface area is 114 Å². The van der Waals surface area contributed by atoms with E-state index in [1.165, 1.54) is 12.7 Å². The molecule has 19 heavy (non-hydrogen) atoms. The van der Waals surface area contributed by atoms with Gasteiger partial charge in [-0.25, -0.2) is 14.4 Å². The van der Waals surface area contributed by atoms with Gasteiger partial charge >= 0.3 is 0 Å². The second-order valence-electron chi connectivity index (χ2n) is 5.14. The first-order chi connectivity index (χ1) is 9.24. The highest BCUT2D eigenvalue weighted by Gasteiger charge is 2.26. The smallest absolute Gasteiger partial charge is 0.186 e. The molecular weight excluding hydrogens is 243 g/mol. The fourth-order valence-corrected chi connectivity index (χ4v) is 2.58. The molecule has 1 aromatic rings. The van der Waals surface area contributed by atoms with Gasteiger partial charge in [0.25, 0.3) is 0 Å². The van der Waals surface area contributed by atoms with Crippen molar-refractivity contribution in [3.63, 3.8) is 0 Å². The van der Waals surface area contributed by atoms with Gasteiger partial charge in [-0.1, -0.05) is 6.92 Å². The van der Waals surface area contributed by atoms with Gasteiger partial charge in [-0.05, 0) is 39.2 Å². The Morgan fingerprint density at radius 1 is 1.42 bits per heavy atom. The van der Waals surface area contributed by atoms with E-state index < -0.39 is 0 Å². The number of rotatable bonds is 5. The molecule has 1 fully saturated rings. The van der Waals surface area contributed by atoms with Crippen molar-refractivity contribution in [1.29, 1.82) is 0 Å². The van der Waals surface area contributed by atoms with Gasteiger partial charge in [-0.15, -0.1) is 0 Å². The van der Waals surface area contributed by atoms with Crippen LogP contribution < -0.4 is 10.2 Å². The Morgan fingerprint density at radius 2 is 2.26 bits per heavy atom. The van der Waals surface area contributed by atoms with Crippen molar-refractivity contribution in [3.05, 3.63) is 17.8 Å². The minimum Gasteiger partial charge on any atom is -0.350 e. The summed E-state index contributed by atoms with van der Waals surface area (Å²) in [5.74, 6) is 0.195. The van der Waals surface area contributed by atoms with Gasteiger partial charge in [0.1, 0.15) is 6.33 Å². The number of hydrogen-bond acceptors (Lipinski definition) is 4. The largest absolute Gasteiger partial charge is 0.350 e. The molecule has 2 heterocycles. The van der Waals surface area contributed by atoms with E-state index in [0.717, 1.165) is 38.9 Å². The number of halogens is 1. The zero-order valence-corrected chi connectivity index (χ0v) is 11.8. The molecular formula is C14H23FN4. The molecule has 0 radical (unpaired) electrons. The summed E-state index contributed by atoms with van der Waals surface area (Å²) in [5.41, 5.74) is 0.427. The summed E-state index contributed by atoms with van der Waals surface area (Å²) in [6.07, 6.45) is 5.99. The van der Waals surface area contributed by atoms with Gasteiger partial charge in [-0.3, -0.25) is 0 Å². The maximum Gasteiger partial charge on any atom is 0.186 e. The third-order valence-electron chi connectivity index (χ3n) is 3.65. The molecule has 2 rings (SSSR count). The quantitative estimate of drug-likeness (QED) is 0.830. The minimum atomic E-state index is -0.273. The number of aromatic nitrogens is 2. The highest BCUT2D eigenvalue weighted by molar-refractivity contribution is 5.42. The second-order valence-corrected chi connectivity index (χ2v) is 5.14. The van der Waals surface area contributed by atoms with Crippen LogP contribution in [-0.2, 0) is 0 Å². The molecule has 0 amide bonds. The molecule has 0 bridgehead atoms. The number of piperidine rings is 1. The topological polar surface area (TPSA) is 41.0 Å². The number of hydrogen-bond donors (Lipinski definition) is 1. The molecule has 1 aliphatic heterocycles. The number of anilines is 1. The van der Waals surface area contributed by atoms with Crippen LogP contribution in [0.25, 0.3) is 0 Å². The predicted octanol–water partition coefficient (Wildman–Crippen LogP) is 2.28. The van der Waals surface area contributed by atoms with Crippen LogP contribution in [0, 0.1) is 12.7 Å². The van der Waals surface area contributed by atoms with Crippen LogP contribution in [0.3, 0.4) is 0 Å². The van der Waals surface area contributed by atoms with Gasteiger partial charge in [0.15, 0.2) is 11.6 Å². The molecule has 0 saturated carbocycles. The summed E-state index contributed by atoms with van der Waals surface area (Å²) in [4.78, 5) is 10.2. The lowest BCUT2D eigenvalue weighted by atomic mass is 10.0. The normalized spacial score (nSPS) is 19.7. The highest BCUT2D eigenvalue weighted by atomic mass is 19.1. The zero-order valence-electron chi connectivity index (χ0n) is 11.8. The van der Waals surface area contributed by atoms with Gasteiger partial charge in [0.2, 0.25) is 0 Å². The Morgan fingerprint density at radius 3 is 3.05 bits per heavy atom. The van der Waals surface area contributed by atoms with Crippen molar-refractivity contribution in [3.8, 4) is 0 Å². The van der Waals surface area contributed by atoms with Crippen molar-refractivity contribution in [1.82, 2.24) is 15.3 Å². The van der Waals surface area contributed by atoms with Crippen LogP contribution in [0.4, 0.5) is 10.2 Å². The molecule has 1 saturated heterocycles. The maximum atomic E-state index is 14.2. The van der Waals surface area contributed by atoms with E-state index in [1.807, 2.05) is 0 Å². The van der Waals surface area contributed by atoms with E-state index in [0.29, 0.717) is 17.6 Å². The number of aryl methyl sites for hydroxylation is 1. The molecule has 5 heteroatoms. The molecule has 1 aliphatic rings. The molecule has 106 valence electrons. The summed E-state index contributed by atoms with van der Waals surface area (Å²) >= 11 is 0. The minimum absolute atomic E-state index is 0.273. The molecule has 4 nitrogen and oxygen atoms in total. The second kappa shape index (κ2) is 6.80. The van der Waals surface area contributed by atoms with E-state index in [1.54, 1.807) is 6.92 Å². The first-order valence-corrected chi connectivity index (χ1v) is 7.18. The van der Waals surface area contributed by atoms with Crippen molar-refractivity contribution in [2.45, 2.75) is 45.6 Å². The van der Waals surface area contributed by atoms with Crippen LogP contribution >= 0.6 is 0 Å². The third-order valence-corrected chi connectivity index (χ3v) is 3.65. The van der Waals surface area contributed by atoms with Gasteiger partial charge in [0, 0.05) is 19.1 Å². The molecule has 1 unspecified atom stereocenters. The SMILES string of the molecule is CCCNCC1CCCCN1c1ncnc(C)c1F. The summed E-state index contributed by atoms with van der Waals surface area (Å²) in [7, 11) is 0. The van der Waals surface area contributed by atoms with Gasteiger partial charge in [-0.2, -0.15) is 0 Å². The number of nitrogens with zero attached hydrogens (tertiary/aromatic N) is 3. The summed E-state index contributed by atoms with van der Waals surface area (Å²) < 4.78 is 14.2. The molecule has 0 aromatic carbocycles. The van der Waals surface area contributed by atoms with Crippen LogP contribution in [0.2, 0.25) is 0 Å². The van der Waals surface area contributed by atoms with Crippen molar-refractivity contribution in [2.24, 2.45) is 0 Å². The molecule has 0 aliphatic carbocycles. The van der Waals surface area contributed by atoms with Gasteiger partial charge in [0.05, 0.1) is 5.69 Å². The lowest BCUT2D eigenvalue weighted by Gasteiger charge is -2.37. The van der Waals surface area contributed by atoms with Crippen molar-refractivity contribution in [2.75, 3.05) is 24.5 Å². The van der Waals surface area contributed by atoms with Crippen molar-refractivity contribution < 1.29 is 4.39 Å². The van der Waals surface area contributed by atoms with E-state index in [2.05, 4.69) is 27.1 Å². The highest BCUT2D eigenvalue weighted by Crippen LogP contribution is 2.25. The van der Waals surface area contributed by atoms with Crippen molar-refractivity contribution >= 4 is 5.82 Å². The lowest BCUT2D eigenvalue weighted by molar-refractivity contribution is 0.425. The predicted molar refractivity (Wildman–Crippen MR) is 74.9 cm³/mol. The van der Waals surface area contributed by atoms with E-state index in [-0.39, 0.29) is 5.82 Å². The van der Waals surface area contributed by atoms with Crippen LogP contribution in [-0.4, -0.2) is 35.6 Å². The fourth-order valence-electron chi connectivity index (χ4n) is 2.58. The van der Waals surface area contributed by atoms with E-state index in [9.17, 15) is 4.39 Å². The fraction of sp³-hybridized carbons (Fsp3) is 0.714. The first kappa shape index (κ1) is 14.2. The average Bonchev–Trinajstić information content (AvgIpc) is 2.43. The third kappa shape index (κ3) is 3.41. The lowest BCUT2D eigenvalue weighted by Crippen LogP contribution is -2.46. The first-order valence-electron chi connectivity index (χ1n) is 7.18. The maximum absolute atomic E-state index is 14.2. The van der Waals surface area contributed by atoms with Crippen LogP contribution in [0.5, 0.6) is 0 Å².